The maximum Gasteiger partial charge on any atom is 0.223 e. The molecule has 0 radical (unpaired) electrons. The molecule has 1 saturated heterocycles. The fourth-order valence-corrected chi connectivity index (χ4v) is 2.94. The van der Waals surface area contributed by atoms with Crippen molar-refractivity contribution in [1.82, 2.24) is 10.2 Å². The number of amides is 1. The van der Waals surface area contributed by atoms with Crippen LogP contribution >= 0.6 is 28.3 Å². The summed E-state index contributed by atoms with van der Waals surface area (Å²) in [4.78, 5) is 14.3. The molecule has 1 fully saturated rings. The van der Waals surface area contributed by atoms with E-state index in [1.165, 1.54) is 5.56 Å². The molecule has 2 unspecified atom stereocenters. The van der Waals surface area contributed by atoms with Crippen LogP contribution in [0.3, 0.4) is 0 Å². The van der Waals surface area contributed by atoms with Crippen LogP contribution in [0.2, 0.25) is 0 Å². The van der Waals surface area contributed by atoms with Gasteiger partial charge in [0, 0.05) is 36.1 Å². The van der Waals surface area contributed by atoms with E-state index >= 15 is 0 Å². The number of carbonyl (C=O) groups is 1. The molecule has 2 atom stereocenters. The number of benzene rings is 1. The van der Waals surface area contributed by atoms with Crippen molar-refractivity contribution in [3.8, 4) is 0 Å². The zero-order valence-electron chi connectivity index (χ0n) is 11.9. The summed E-state index contributed by atoms with van der Waals surface area (Å²) in [7, 11) is 0. The fourth-order valence-electron chi connectivity index (χ4n) is 2.50. The van der Waals surface area contributed by atoms with Crippen LogP contribution in [0.4, 0.5) is 0 Å². The minimum Gasteiger partial charge on any atom is -0.337 e. The monoisotopic (exact) mass is 360 g/mol. The van der Waals surface area contributed by atoms with E-state index in [1.807, 2.05) is 17.0 Å². The second kappa shape index (κ2) is 8.01. The lowest BCUT2D eigenvalue weighted by Crippen LogP contribution is -2.57. The molecule has 1 N–H and O–H groups in total. The normalized spacial score (nSPS) is 22.2. The average molecular weight is 362 g/mol. The van der Waals surface area contributed by atoms with E-state index in [9.17, 15) is 4.79 Å². The van der Waals surface area contributed by atoms with Crippen molar-refractivity contribution in [2.24, 2.45) is 0 Å². The van der Waals surface area contributed by atoms with Gasteiger partial charge in [0.25, 0.3) is 0 Å². The standard InChI is InChI=1S/C15H21BrN2O.ClH/c1-11-12(2)18(9-8-17-11)15(19)7-6-13-4-3-5-14(16)10-13;/h3-5,10-12,17H,6-9H2,1-2H3;1H. The Kier molecular flexibility index (Phi) is 7.00. The van der Waals surface area contributed by atoms with Crippen LogP contribution in [0.5, 0.6) is 0 Å². The predicted molar refractivity (Wildman–Crippen MR) is 88.4 cm³/mol. The number of hydrogen-bond acceptors (Lipinski definition) is 2. The first kappa shape index (κ1) is 17.5. The molecule has 1 aromatic carbocycles. The van der Waals surface area contributed by atoms with Gasteiger partial charge in [-0.25, -0.2) is 0 Å². The number of nitrogens with zero attached hydrogens (tertiary/aromatic N) is 1. The molecule has 2 rings (SSSR count). The Labute approximate surface area is 135 Å². The van der Waals surface area contributed by atoms with Crippen LogP contribution in [-0.4, -0.2) is 36.0 Å². The predicted octanol–water partition coefficient (Wildman–Crippen LogP) is 3.01. The topological polar surface area (TPSA) is 32.3 Å². The highest BCUT2D eigenvalue weighted by Gasteiger charge is 2.27. The molecule has 0 aromatic heterocycles. The van der Waals surface area contributed by atoms with Crippen molar-refractivity contribution in [3.05, 3.63) is 34.3 Å². The third kappa shape index (κ3) is 4.47. The summed E-state index contributed by atoms with van der Waals surface area (Å²) in [5.41, 5.74) is 1.21. The SMILES string of the molecule is CC1NCCN(C(=O)CCc2cccc(Br)c2)C1C.Cl. The largest absolute Gasteiger partial charge is 0.337 e. The van der Waals surface area contributed by atoms with Crippen LogP contribution in [0, 0.1) is 0 Å². The van der Waals surface area contributed by atoms with Gasteiger partial charge in [-0.1, -0.05) is 28.1 Å². The molecule has 20 heavy (non-hydrogen) atoms. The highest BCUT2D eigenvalue weighted by atomic mass is 79.9. The Hall–Kier alpha value is -0.580. The van der Waals surface area contributed by atoms with E-state index < -0.39 is 0 Å². The zero-order chi connectivity index (χ0) is 13.8. The van der Waals surface area contributed by atoms with Crippen LogP contribution in [-0.2, 0) is 11.2 Å². The number of aryl methyl sites for hydroxylation is 1. The summed E-state index contributed by atoms with van der Waals surface area (Å²) in [6, 6.07) is 8.83. The average Bonchev–Trinajstić information content (AvgIpc) is 2.39. The van der Waals surface area contributed by atoms with Crippen LogP contribution in [0.15, 0.2) is 28.7 Å². The van der Waals surface area contributed by atoms with Gasteiger partial charge in [-0.2, -0.15) is 0 Å². The smallest absolute Gasteiger partial charge is 0.223 e. The van der Waals surface area contributed by atoms with Crippen molar-refractivity contribution in [2.75, 3.05) is 13.1 Å². The number of hydrogen-bond donors (Lipinski definition) is 1. The van der Waals surface area contributed by atoms with Crippen LogP contribution < -0.4 is 5.32 Å². The molecule has 112 valence electrons. The van der Waals surface area contributed by atoms with Gasteiger partial charge in [0.05, 0.1) is 0 Å². The first-order valence-corrected chi connectivity index (χ1v) is 7.64. The minimum absolute atomic E-state index is 0. The van der Waals surface area contributed by atoms with Crippen molar-refractivity contribution in [1.29, 1.82) is 0 Å². The highest BCUT2D eigenvalue weighted by Crippen LogP contribution is 2.15. The van der Waals surface area contributed by atoms with E-state index in [0.717, 1.165) is 24.0 Å². The molecule has 0 spiro atoms. The summed E-state index contributed by atoms with van der Waals surface area (Å²) < 4.78 is 1.07. The molecule has 1 aromatic rings. The lowest BCUT2D eigenvalue weighted by atomic mass is 10.0. The van der Waals surface area contributed by atoms with Gasteiger partial charge in [0.15, 0.2) is 0 Å². The van der Waals surface area contributed by atoms with Gasteiger partial charge in [0.2, 0.25) is 5.91 Å². The van der Waals surface area contributed by atoms with Gasteiger partial charge in [0.1, 0.15) is 0 Å². The molecule has 3 nitrogen and oxygen atoms in total. The Morgan fingerprint density at radius 3 is 2.90 bits per heavy atom. The van der Waals surface area contributed by atoms with Gasteiger partial charge in [-0.3, -0.25) is 4.79 Å². The lowest BCUT2D eigenvalue weighted by molar-refractivity contribution is -0.134. The van der Waals surface area contributed by atoms with Crippen LogP contribution in [0.1, 0.15) is 25.8 Å². The Balaban J connectivity index is 0.00000200. The summed E-state index contributed by atoms with van der Waals surface area (Å²) in [5.74, 6) is 0.265. The zero-order valence-corrected chi connectivity index (χ0v) is 14.3. The minimum atomic E-state index is 0. The van der Waals surface area contributed by atoms with Crippen LogP contribution in [0.25, 0.3) is 0 Å². The highest BCUT2D eigenvalue weighted by molar-refractivity contribution is 9.10. The lowest BCUT2D eigenvalue weighted by Gasteiger charge is -2.38. The van der Waals surface area contributed by atoms with Crippen molar-refractivity contribution >= 4 is 34.2 Å². The molecule has 0 saturated carbocycles. The van der Waals surface area contributed by atoms with Gasteiger partial charge in [-0.05, 0) is 38.0 Å². The molecule has 1 aliphatic rings. The second-order valence-electron chi connectivity index (χ2n) is 5.20. The second-order valence-corrected chi connectivity index (χ2v) is 6.12. The number of carbonyl (C=O) groups excluding carboxylic acids is 1. The Morgan fingerprint density at radius 2 is 2.20 bits per heavy atom. The summed E-state index contributed by atoms with van der Waals surface area (Å²) in [6.07, 6.45) is 1.40. The third-order valence-corrected chi connectivity index (χ3v) is 4.36. The molecule has 5 heteroatoms. The van der Waals surface area contributed by atoms with E-state index in [1.54, 1.807) is 0 Å². The van der Waals surface area contributed by atoms with E-state index in [4.69, 9.17) is 0 Å². The molecule has 0 bridgehead atoms. The number of nitrogens with one attached hydrogen (secondary N) is 1. The molecule has 1 heterocycles. The molecular formula is C15H22BrClN2O. The summed E-state index contributed by atoms with van der Waals surface area (Å²) in [6.45, 7) is 5.98. The Morgan fingerprint density at radius 1 is 1.45 bits per heavy atom. The van der Waals surface area contributed by atoms with E-state index in [0.29, 0.717) is 12.5 Å². The van der Waals surface area contributed by atoms with E-state index in [2.05, 4.69) is 47.2 Å². The van der Waals surface area contributed by atoms with E-state index in [-0.39, 0.29) is 24.4 Å². The molecule has 0 aliphatic carbocycles. The van der Waals surface area contributed by atoms with Gasteiger partial charge < -0.3 is 10.2 Å². The maximum atomic E-state index is 12.3. The van der Waals surface area contributed by atoms with Crippen molar-refractivity contribution in [2.45, 2.75) is 38.8 Å². The molecule has 1 amide bonds. The summed E-state index contributed by atoms with van der Waals surface area (Å²) >= 11 is 3.46. The fraction of sp³-hybridized carbons (Fsp3) is 0.533. The number of rotatable bonds is 3. The van der Waals surface area contributed by atoms with Crippen molar-refractivity contribution in [3.63, 3.8) is 0 Å². The summed E-state index contributed by atoms with van der Waals surface area (Å²) in [5, 5.41) is 3.40. The van der Waals surface area contributed by atoms with Gasteiger partial charge in [-0.15, -0.1) is 12.4 Å². The Bertz CT molecular complexity index is 455. The quantitative estimate of drug-likeness (QED) is 0.897. The molecule has 1 aliphatic heterocycles. The van der Waals surface area contributed by atoms with Crippen molar-refractivity contribution < 1.29 is 4.79 Å². The third-order valence-electron chi connectivity index (χ3n) is 3.87. The maximum absolute atomic E-state index is 12.3. The van der Waals surface area contributed by atoms with Gasteiger partial charge >= 0.3 is 0 Å². The molecular weight excluding hydrogens is 340 g/mol. The first-order valence-electron chi connectivity index (χ1n) is 6.85. The number of halogens is 2. The number of piperazine rings is 1. The first-order chi connectivity index (χ1) is 9.08.